The van der Waals surface area contributed by atoms with Crippen molar-refractivity contribution in [1.29, 1.82) is 0 Å². The Morgan fingerprint density at radius 1 is 0.490 bits per heavy atom. The first kappa shape index (κ1) is 27.0. The quantitative estimate of drug-likeness (QED) is 0.230. The molecule has 1 aromatic heterocycles. The van der Waals surface area contributed by atoms with Crippen molar-refractivity contribution in [2.45, 2.75) is 0 Å². The predicted octanol–water partition coefficient (Wildman–Crippen LogP) is 5.73. The second-order valence-corrected chi connectivity index (χ2v) is 16.9. The van der Waals surface area contributed by atoms with Crippen LogP contribution in [0.1, 0.15) is 0 Å². The molecule has 0 fully saturated rings. The molecule has 0 spiro atoms. The Balaban J connectivity index is 1.32. The average molecular weight is 641 g/mol. The van der Waals surface area contributed by atoms with Crippen molar-refractivity contribution >= 4 is 80.0 Å². The Kier molecular flexibility index (Phi) is 5.50. The molecule has 0 radical (unpaired) electrons. The van der Waals surface area contributed by atoms with Gasteiger partial charge in [-0.15, -0.1) is 0 Å². The van der Waals surface area contributed by atoms with E-state index in [0.717, 1.165) is 34.1 Å². The molecule has 228 valence electrons. The van der Waals surface area contributed by atoms with Gasteiger partial charge in [0.2, 0.25) is 6.71 Å². The van der Waals surface area contributed by atoms with E-state index in [-0.39, 0.29) is 6.71 Å². The molecule has 11 rings (SSSR count). The van der Waals surface area contributed by atoms with Gasteiger partial charge >= 0.3 is 0 Å². The van der Waals surface area contributed by atoms with Gasteiger partial charge in [-0.1, -0.05) is 145 Å². The van der Waals surface area contributed by atoms with Gasteiger partial charge in [0.25, 0.3) is 0 Å². The van der Waals surface area contributed by atoms with Crippen LogP contribution in [0, 0.1) is 0 Å². The summed E-state index contributed by atoms with van der Waals surface area (Å²) in [6, 6.07) is 64.9. The van der Waals surface area contributed by atoms with Crippen LogP contribution in [0.5, 0.6) is 11.5 Å². The molecular weight excluding hydrogens is 611 g/mol. The summed E-state index contributed by atoms with van der Waals surface area (Å²) in [5, 5.41) is 6.87. The summed E-state index contributed by atoms with van der Waals surface area (Å²) in [4.78, 5) is 2.40. The SMILES string of the molecule is c1ccc(N2c3ccccc3Oc3c2n2c4c(cccc34)B3c4ccccc4[Si](c4ccccc4)(c4ccccc4)c4cccc-2c43)cc1. The van der Waals surface area contributed by atoms with Crippen molar-refractivity contribution in [3.8, 4) is 17.2 Å². The van der Waals surface area contributed by atoms with Gasteiger partial charge in [0.1, 0.15) is 0 Å². The second kappa shape index (κ2) is 9.99. The van der Waals surface area contributed by atoms with Crippen LogP contribution >= 0.6 is 0 Å². The maximum absolute atomic E-state index is 6.93. The minimum atomic E-state index is -2.75. The summed E-state index contributed by atoms with van der Waals surface area (Å²) in [6.07, 6.45) is 0. The van der Waals surface area contributed by atoms with Crippen LogP contribution < -0.4 is 46.8 Å². The summed E-state index contributed by atoms with van der Waals surface area (Å²) in [7, 11) is -2.75. The number of benzene rings is 7. The van der Waals surface area contributed by atoms with Crippen LogP contribution in [0.15, 0.2) is 176 Å². The molecule has 49 heavy (non-hydrogen) atoms. The Morgan fingerprint density at radius 2 is 1.08 bits per heavy atom. The first-order chi connectivity index (χ1) is 24.4. The van der Waals surface area contributed by atoms with E-state index in [1.807, 2.05) is 0 Å². The highest BCUT2D eigenvalue weighted by Crippen LogP contribution is 2.55. The van der Waals surface area contributed by atoms with Gasteiger partial charge in [-0.3, -0.25) is 9.47 Å². The van der Waals surface area contributed by atoms with Crippen LogP contribution in [0.4, 0.5) is 17.2 Å². The fourth-order valence-corrected chi connectivity index (χ4v) is 14.4. The zero-order valence-electron chi connectivity index (χ0n) is 26.6. The van der Waals surface area contributed by atoms with Crippen molar-refractivity contribution in [3.63, 3.8) is 0 Å². The normalized spacial score (nSPS) is 14.4. The lowest BCUT2D eigenvalue weighted by molar-refractivity contribution is 0.481. The number of anilines is 3. The summed E-state index contributed by atoms with van der Waals surface area (Å²) >= 11 is 0. The number of hydrogen-bond donors (Lipinski definition) is 0. The third kappa shape index (κ3) is 3.42. The molecule has 0 amide bonds. The summed E-state index contributed by atoms with van der Waals surface area (Å²) in [5.74, 6) is 2.81. The van der Waals surface area contributed by atoms with E-state index in [4.69, 9.17) is 4.74 Å². The van der Waals surface area contributed by atoms with Crippen LogP contribution in [-0.4, -0.2) is 19.4 Å². The molecule has 0 atom stereocenters. The smallest absolute Gasteiger partial charge is 0.246 e. The predicted molar refractivity (Wildman–Crippen MR) is 206 cm³/mol. The zero-order valence-corrected chi connectivity index (χ0v) is 27.6. The Bertz CT molecular complexity index is 2560. The lowest BCUT2D eigenvalue weighted by Crippen LogP contribution is -2.87. The first-order valence-electron chi connectivity index (χ1n) is 17.0. The fourth-order valence-electron chi connectivity index (χ4n) is 9.14. The molecule has 4 heterocycles. The molecule has 0 N–H and O–H groups in total. The number of hydrogen-bond acceptors (Lipinski definition) is 2. The van der Waals surface area contributed by atoms with Gasteiger partial charge in [-0.25, -0.2) is 0 Å². The molecule has 0 unspecified atom stereocenters. The van der Waals surface area contributed by atoms with Gasteiger partial charge in [0, 0.05) is 16.8 Å². The number of ether oxygens (including phenoxy) is 1. The number of para-hydroxylation sites is 4. The standard InChI is InChI=1S/C44H29BN2OSi/c1-4-16-30(17-5-1)46-36-25-11-12-27-38(36)48-43-33-22-14-24-35-42(33)47(44(43)46)37-26-15-29-40-41(37)45(35)34-23-10-13-28-39(34)49(40,31-18-6-2-7-19-31)32-20-8-3-9-21-32/h1-29H. The molecule has 3 aliphatic rings. The zero-order chi connectivity index (χ0) is 32.1. The van der Waals surface area contributed by atoms with Crippen molar-refractivity contribution in [2.24, 2.45) is 0 Å². The molecule has 0 saturated carbocycles. The van der Waals surface area contributed by atoms with Crippen LogP contribution in [0.2, 0.25) is 0 Å². The van der Waals surface area contributed by atoms with Crippen molar-refractivity contribution in [2.75, 3.05) is 4.90 Å². The largest absolute Gasteiger partial charge is 0.451 e. The molecule has 0 aliphatic carbocycles. The van der Waals surface area contributed by atoms with Gasteiger partial charge in [-0.2, -0.15) is 0 Å². The van der Waals surface area contributed by atoms with Gasteiger partial charge in [0.15, 0.2) is 25.4 Å². The Hall–Kier alpha value is -6.04. The summed E-state index contributed by atoms with van der Waals surface area (Å²) < 4.78 is 9.45. The molecule has 8 aromatic rings. The fraction of sp³-hybridized carbons (Fsp3) is 0. The molecule has 5 heteroatoms. The molecule has 3 aliphatic heterocycles. The van der Waals surface area contributed by atoms with Crippen molar-refractivity contribution in [1.82, 2.24) is 4.57 Å². The third-order valence-corrected chi connectivity index (χ3v) is 15.8. The third-order valence-electron chi connectivity index (χ3n) is 10.9. The molecule has 0 saturated heterocycles. The molecular formula is C44H29BN2OSi. The topological polar surface area (TPSA) is 17.4 Å². The number of fused-ring (bicyclic) bond motifs is 8. The van der Waals surface area contributed by atoms with Gasteiger partial charge in [0.05, 0.1) is 11.2 Å². The highest BCUT2D eigenvalue weighted by atomic mass is 28.3. The van der Waals surface area contributed by atoms with Crippen LogP contribution in [0.25, 0.3) is 16.6 Å². The highest BCUT2D eigenvalue weighted by Gasteiger charge is 2.52. The Morgan fingerprint density at radius 3 is 1.86 bits per heavy atom. The van der Waals surface area contributed by atoms with Crippen molar-refractivity contribution < 1.29 is 4.74 Å². The van der Waals surface area contributed by atoms with Gasteiger partial charge < -0.3 is 4.74 Å². The van der Waals surface area contributed by atoms with E-state index < -0.39 is 8.07 Å². The van der Waals surface area contributed by atoms with E-state index in [9.17, 15) is 0 Å². The van der Waals surface area contributed by atoms with Gasteiger partial charge in [-0.05, 0) is 68.1 Å². The Labute approximate surface area is 286 Å². The van der Waals surface area contributed by atoms with Crippen LogP contribution in [0.3, 0.4) is 0 Å². The number of rotatable bonds is 3. The van der Waals surface area contributed by atoms with E-state index >= 15 is 0 Å². The first-order valence-corrected chi connectivity index (χ1v) is 19.0. The maximum Gasteiger partial charge on any atom is 0.246 e. The molecule has 7 aromatic carbocycles. The minimum absolute atomic E-state index is 0.0931. The minimum Gasteiger partial charge on any atom is -0.451 e. The van der Waals surface area contributed by atoms with Crippen molar-refractivity contribution in [3.05, 3.63) is 176 Å². The summed E-state index contributed by atoms with van der Waals surface area (Å²) in [6.45, 7) is 0.0931. The van der Waals surface area contributed by atoms with Crippen LogP contribution in [-0.2, 0) is 0 Å². The number of nitrogens with zero attached hydrogens (tertiary/aromatic N) is 2. The lowest BCUT2D eigenvalue weighted by Gasteiger charge is -2.45. The molecule has 3 nitrogen and oxygen atoms in total. The highest BCUT2D eigenvalue weighted by molar-refractivity contribution is 7.26. The van der Waals surface area contributed by atoms with E-state index in [2.05, 4.69) is 185 Å². The number of aromatic nitrogens is 1. The second-order valence-electron chi connectivity index (χ2n) is 13.2. The lowest BCUT2D eigenvalue weighted by atomic mass is 9.35. The molecule has 0 bridgehead atoms. The average Bonchev–Trinajstić information content (AvgIpc) is 3.51. The summed E-state index contributed by atoms with van der Waals surface area (Å²) in [5.41, 5.74) is 8.73. The monoisotopic (exact) mass is 640 g/mol. The van der Waals surface area contributed by atoms with E-state index in [0.29, 0.717) is 0 Å². The van der Waals surface area contributed by atoms with E-state index in [1.54, 1.807) is 0 Å². The maximum atomic E-state index is 6.93. The van der Waals surface area contributed by atoms with E-state index in [1.165, 1.54) is 48.3 Å².